The van der Waals surface area contributed by atoms with Crippen LogP contribution >= 0.6 is 0 Å². The topological polar surface area (TPSA) is 12.0 Å². The molecule has 0 aliphatic carbocycles. The van der Waals surface area contributed by atoms with E-state index in [0.717, 1.165) is 11.4 Å². The molecule has 0 saturated carbocycles. The molecule has 0 aromatic heterocycles. The molecule has 1 N–H and O–H groups in total. The van der Waals surface area contributed by atoms with Gasteiger partial charge in [0.25, 0.3) is 0 Å². The summed E-state index contributed by atoms with van der Waals surface area (Å²) in [7, 11) is 0. The van der Waals surface area contributed by atoms with Gasteiger partial charge in [0.1, 0.15) is 0 Å². The van der Waals surface area contributed by atoms with Gasteiger partial charge >= 0.3 is 0 Å². The predicted molar refractivity (Wildman–Crippen MR) is 87.3 cm³/mol. The van der Waals surface area contributed by atoms with E-state index in [1.807, 2.05) is 54.6 Å². The lowest BCUT2D eigenvalue weighted by molar-refractivity contribution is 1.45. The van der Waals surface area contributed by atoms with E-state index in [1.165, 1.54) is 5.56 Å². The van der Waals surface area contributed by atoms with Crippen LogP contribution in [0.1, 0.15) is 5.56 Å². The standard InChI is InChI=1S/C13H13N.C6H6/c1-11-7-9-13(10-8-11)14-12-5-3-2-4-6-12;1-2-4-6-5-3-1/h2-10,14H,1H3;1-6H. The number of anilines is 2. The molecule has 0 radical (unpaired) electrons. The number of para-hydroxylation sites is 1. The van der Waals surface area contributed by atoms with Gasteiger partial charge in [-0.2, -0.15) is 0 Å². The maximum absolute atomic E-state index is 3.33. The third-order valence-corrected chi connectivity index (χ3v) is 2.78. The minimum Gasteiger partial charge on any atom is -0.356 e. The Morgan fingerprint density at radius 3 is 1.40 bits per heavy atom. The molecule has 0 amide bonds. The molecule has 0 saturated heterocycles. The van der Waals surface area contributed by atoms with Crippen molar-refractivity contribution in [1.29, 1.82) is 0 Å². The summed E-state index contributed by atoms with van der Waals surface area (Å²) in [6.07, 6.45) is 0. The van der Waals surface area contributed by atoms with Crippen LogP contribution in [0, 0.1) is 6.92 Å². The Bertz CT molecular complexity index is 559. The fourth-order valence-electron chi connectivity index (χ4n) is 1.71. The van der Waals surface area contributed by atoms with E-state index < -0.39 is 0 Å². The molecule has 3 aromatic carbocycles. The molecule has 20 heavy (non-hydrogen) atoms. The van der Waals surface area contributed by atoms with Gasteiger partial charge in [-0.3, -0.25) is 0 Å². The highest BCUT2D eigenvalue weighted by Gasteiger charge is 1.91. The van der Waals surface area contributed by atoms with Crippen molar-refractivity contribution >= 4 is 11.4 Å². The molecular formula is C19H19N. The number of hydrogen-bond acceptors (Lipinski definition) is 1. The maximum Gasteiger partial charge on any atom is 0.0384 e. The summed E-state index contributed by atoms with van der Waals surface area (Å²) in [5, 5.41) is 3.33. The SMILES string of the molecule is Cc1ccc(Nc2ccccc2)cc1.c1ccccc1. The molecular weight excluding hydrogens is 242 g/mol. The Morgan fingerprint density at radius 2 is 0.900 bits per heavy atom. The maximum atomic E-state index is 3.33. The third kappa shape index (κ3) is 4.99. The zero-order valence-corrected chi connectivity index (χ0v) is 11.7. The van der Waals surface area contributed by atoms with E-state index >= 15 is 0 Å². The van der Waals surface area contributed by atoms with Crippen molar-refractivity contribution in [2.45, 2.75) is 6.92 Å². The second-order valence-corrected chi connectivity index (χ2v) is 4.51. The lowest BCUT2D eigenvalue weighted by atomic mass is 10.2. The van der Waals surface area contributed by atoms with Crippen molar-refractivity contribution in [2.75, 3.05) is 5.32 Å². The van der Waals surface area contributed by atoms with E-state index in [0.29, 0.717) is 0 Å². The van der Waals surface area contributed by atoms with Crippen LogP contribution in [-0.2, 0) is 0 Å². The van der Waals surface area contributed by atoms with E-state index in [-0.39, 0.29) is 0 Å². The lowest BCUT2D eigenvalue weighted by Gasteiger charge is -2.05. The molecule has 0 spiro atoms. The fraction of sp³-hybridized carbons (Fsp3) is 0.0526. The minimum atomic E-state index is 1.12. The summed E-state index contributed by atoms with van der Waals surface area (Å²) < 4.78 is 0. The van der Waals surface area contributed by atoms with E-state index in [4.69, 9.17) is 0 Å². The van der Waals surface area contributed by atoms with Crippen molar-refractivity contribution in [3.05, 3.63) is 96.6 Å². The first-order valence-corrected chi connectivity index (χ1v) is 6.73. The summed E-state index contributed by atoms with van der Waals surface area (Å²) >= 11 is 0. The molecule has 1 nitrogen and oxygen atoms in total. The lowest BCUT2D eigenvalue weighted by Crippen LogP contribution is -1.88. The molecule has 3 aromatic rings. The summed E-state index contributed by atoms with van der Waals surface area (Å²) in [5.41, 5.74) is 3.53. The quantitative estimate of drug-likeness (QED) is 0.649. The second kappa shape index (κ2) is 7.80. The van der Waals surface area contributed by atoms with E-state index in [2.05, 4.69) is 48.6 Å². The number of nitrogens with one attached hydrogen (secondary N) is 1. The van der Waals surface area contributed by atoms with Gasteiger partial charge in [0.05, 0.1) is 0 Å². The summed E-state index contributed by atoms with van der Waals surface area (Å²) in [6, 6.07) is 30.5. The molecule has 1 heteroatoms. The average molecular weight is 261 g/mol. The normalized spacial score (nSPS) is 9.25. The monoisotopic (exact) mass is 261 g/mol. The van der Waals surface area contributed by atoms with Crippen LogP contribution in [0.25, 0.3) is 0 Å². The van der Waals surface area contributed by atoms with Gasteiger partial charge in [0.15, 0.2) is 0 Å². The number of aryl methyl sites for hydroxylation is 1. The van der Waals surface area contributed by atoms with Gasteiger partial charge in [-0.1, -0.05) is 72.3 Å². The van der Waals surface area contributed by atoms with Crippen LogP contribution in [0.2, 0.25) is 0 Å². The van der Waals surface area contributed by atoms with E-state index in [9.17, 15) is 0 Å². The Labute approximate surface area is 120 Å². The highest BCUT2D eigenvalue weighted by molar-refractivity contribution is 5.59. The Morgan fingerprint density at radius 1 is 0.500 bits per heavy atom. The van der Waals surface area contributed by atoms with E-state index in [1.54, 1.807) is 0 Å². The zero-order chi connectivity index (χ0) is 14.0. The first-order valence-electron chi connectivity index (χ1n) is 6.73. The van der Waals surface area contributed by atoms with Crippen molar-refractivity contribution in [3.63, 3.8) is 0 Å². The van der Waals surface area contributed by atoms with Crippen LogP contribution < -0.4 is 5.32 Å². The van der Waals surface area contributed by atoms with Gasteiger partial charge in [0.2, 0.25) is 0 Å². The molecule has 3 rings (SSSR count). The van der Waals surface area contributed by atoms with Crippen LogP contribution in [-0.4, -0.2) is 0 Å². The Kier molecular flexibility index (Phi) is 5.41. The third-order valence-electron chi connectivity index (χ3n) is 2.78. The van der Waals surface area contributed by atoms with Gasteiger partial charge < -0.3 is 5.32 Å². The van der Waals surface area contributed by atoms with Crippen molar-refractivity contribution in [2.24, 2.45) is 0 Å². The second-order valence-electron chi connectivity index (χ2n) is 4.51. The van der Waals surface area contributed by atoms with Crippen molar-refractivity contribution in [1.82, 2.24) is 0 Å². The van der Waals surface area contributed by atoms with Crippen LogP contribution in [0.5, 0.6) is 0 Å². The molecule has 0 aliphatic rings. The highest BCUT2D eigenvalue weighted by atomic mass is 14.9. The Hall–Kier alpha value is -2.54. The number of hydrogen-bond donors (Lipinski definition) is 1. The van der Waals surface area contributed by atoms with Crippen molar-refractivity contribution < 1.29 is 0 Å². The molecule has 0 bridgehead atoms. The summed E-state index contributed by atoms with van der Waals surface area (Å²) in [6.45, 7) is 2.09. The Balaban J connectivity index is 0.000000205. The van der Waals surface area contributed by atoms with Gasteiger partial charge in [0, 0.05) is 11.4 Å². The first kappa shape index (κ1) is 13.9. The highest BCUT2D eigenvalue weighted by Crippen LogP contribution is 2.15. The van der Waals surface area contributed by atoms with Gasteiger partial charge in [-0.05, 0) is 31.2 Å². The number of benzene rings is 3. The van der Waals surface area contributed by atoms with Gasteiger partial charge in [-0.25, -0.2) is 0 Å². The average Bonchev–Trinajstić information content (AvgIpc) is 2.53. The van der Waals surface area contributed by atoms with Crippen LogP contribution in [0.4, 0.5) is 11.4 Å². The fourth-order valence-corrected chi connectivity index (χ4v) is 1.71. The first-order chi connectivity index (χ1) is 9.84. The number of rotatable bonds is 2. The largest absolute Gasteiger partial charge is 0.356 e. The zero-order valence-electron chi connectivity index (χ0n) is 11.7. The smallest absolute Gasteiger partial charge is 0.0384 e. The molecule has 0 fully saturated rings. The molecule has 100 valence electrons. The summed E-state index contributed by atoms with van der Waals surface area (Å²) in [4.78, 5) is 0. The van der Waals surface area contributed by atoms with Crippen LogP contribution in [0.15, 0.2) is 91.0 Å². The van der Waals surface area contributed by atoms with Gasteiger partial charge in [-0.15, -0.1) is 0 Å². The minimum absolute atomic E-state index is 1.12. The molecule has 0 heterocycles. The predicted octanol–water partition coefficient (Wildman–Crippen LogP) is 5.43. The van der Waals surface area contributed by atoms with Crippen molar-refractivity contribution in [3.8, 4) is 0 Å². The summed E-state index contributed by atoms with van der Waals surface area (Å²) in [5.74, 6) is 0. The molecule has 0 atom stereocenters. The molecule has 0 unspecified atom stereocenters. The molecule has 0 aliphatic heterocycles. The van der Waals surface area contributed by atoms with Crippen LogP contribution in [0.3, 0.4) is 0 Å².